The van der Waals surface area contributed by atoms with Crippen LogP contribution in [0.3, 0.4) is 0 Å². The summed E-state index contributed by atoms with van der Waals surface area (Å²) in [5.41, 5.74) is -0.519. The van der Waals surface area contributed by atoms with Crippen LogP contribution in [0.2, 0.25) is 0 Å². The molecule has 2 heterocycles. The average Bonchev–Trinajstić information content (AvgIpc) is 3.31. The molecule has 2 fully saturated rings. The average molecular weight is 435 g/mol. The van der Waals surface area contributed by atoms with Gasteiger partial charge in [-0.25, -0.2) is 9.59 Å². The van der Waals surface area contributed by atoms with E-state index in [9.17, 15) is 19.5 Å². The zero-order valence-corrected chi connectivity index (χ0v) is 19.1. The summed E-state index contributed by atoms with van der Waals surface area (Å²) in [5, 5.41) is 9.76. The minimum atomic E-state index is -1.09. The summed E-state index contributed by atoms with van der Waals surface area (Å²) in [5.74, 6) is -1.12. The maximum absolute atomic E-state index is 13.4. The number of carbonyl (C=O) groups excluding carboxylic acids is 2. The molecule has 2 amide bonds. The number of likely N-dealkylation sites (tertiary alicyclic amines) is 1. The summed E-state index contributed by atoms with van der Waals surface area (Å²) < 4.78 is 10.8. The number of amides is 2. The van der Waals surface area contributed by atoms with Crippen molar-refractivity contribution < 1.29 is 28.6 Å². The molecule has 1 aromatic rings. The minimum absolute atomic E-state index is 0.0244. The van der Waals surface area contributed by atoms with E-state index in [1.165, 1.54) is 11.2 Å². The van der Waals surface area contributed by atoms with Crippen LogP contribution in [-0.4, -0.2) is 63.1 Å². The topological polar surface area (TPSA) is 100 Å². The van der Waals surface area contributed by atoms with E-state index in [2.05, 4.69) is 13.8 Å². The lowest BCUT2D eigenvalue weighted by molar-refractivity contribution is -0.142. The predicted octanol–water partition coefficient (Wildman–Crippen LogP) is 4.15. The molecule has 1 aliphatic carbocycles. The van der Waals surface area contributed by atoms with Crippen molar-refractivity contribution >= 4 is 18.0 Å². The van der Waals surface area contributed by atoms with E-state index in [1.54, 1.807) is 37.8 Å². The van der Waals surface area contributed by atoms with Crippen LogP contribution in [0.4, 0.5) is 4.79 Å². The van der Waals surface area contributed by atoms with Gasteiger partial charge in [-0.1, -0.05) is 13.8 Å². The van der Waals surface area contributed by atoms with Crippen LogP contribution in [0.15, 0.2) is 22.8 Å². The Labute approximate surface area is 183 Å². The van der Waals surface area contributed by atoms with E-state index in [-0.39, 0.29) is 36.1 Å². The summed E-state index contributed by atoms with van der Waals surface area (Å²) in [6.45, 7) is 9.79. The molecule has 1 N–H and O–H groups in total. The van der Waals surface area contributed by atoms with Gasteiger partial charge in [0, 0.05) is 19.0 Å². The zero-order chi connectivity index (χ0) is 23.0. The Morgan fingerprint density at radius 3 is 2.35 bits per heavy atom. The molecule has 172 valence electrons. The first kappa shape index (κ1) is 23.2. The lowest BCUT2D eigenvalue weighted by Crippen LogP contribution is -2.50. The SMILES string of the molecule is CC1(C)CCC(N(C(=O)c2ccco2)[C@H]2C[C@@H](C(=O)O)N(C(=O)OC(C)(C)C)C2)CC1. The largest absolute Gasteiger partial charge is 0.480 e. The normalized spacial score (nSPS) is 24.1. The first-order chi connectivity index (χ1) is 14.4. The second kappa shape index (κ2) is 8.55. The van der Waals surface area contributed by atoms with Crippen molar-refractivity contribution in [2.24, 2.45) is 5.41 Å². The van der Waals surface area contributed by atoms with E-state index >= 15 is 0 Å². The van der Waals surface area contributed by atoms with Crippen LogP contribution in [0.5, 0.6) is 0 Å². The molecule has 1 saturated carbocycles. The maximum atomic E-state index is 13.4. The number of furan rings is 1. The third kappa shape index (κ3) is 5.40. The summed E-state index contributed by atoms with van der Waals surface area (Å²) >= 11 is 0. The molecule has 2 aliphatic rings. The highest BCUT2D eigenvalue weighted by atomic mass is 16.6. The number of carboxylic acid groups (broad SMARTS) is 1. The molecular formula is C23H34N2O6. The van der Waals surface area contributed by atoms with E-state index < -0.39 is 29.7 Å². The van der Waals surface area contributed by atoms with Crippen LogP contribution in [0.25, 0.3) is 0 Å². The van der Waals surface area contributed by atoms with Gasteiger partial charge in [-0.2, -0.15) is 0 Å². The summed E-state index contributed by atoms with van der Waals surface area (Å²) in [7, 11) is 0. The monoisotopic (exact) mass is 434 g/mol. The van der Waals surface area contributed by atoms with Crippen molar-refractivity contribution in [1.29, 1.82) is 0 Å². The molecular weight excluding hydrogens is 400 g/mol. The van der Waals surface area contributed by atoms with Crippen molar-refractivity contribution in [1.82, 2.24) is 9.80 Å². The highest BCUT2D eigenvalue weighted by Gasteiger charge is 2.47. The molecule has 31 heavy (non-hydrogen) atoms. The third-order valence-electron chi connectivity index (χ3n) is 6.25. The van der Waals surface area contributed by atoms with E-state index in [1.807, 2.05) is 0 Å². The molecule has 1 saturated heterocycles. The Morgan fingerprint density at radius 1 is 1.19 bits per heavy atom. The molecule has 1 aromatic heterocycles. The standard InChI is InChI=1S/C23H34N2O6/c1-22(2,3)31-21(29)24-14-16(13-17(24)20(27)28)25(19(26)18-7-6-12-30-18)15-8-10-23(4,5)11-9-15/h6-7,12,15-17H,8-11,13-14H2,1-5H3,(H,27,28)/t16-,17-/m0/s1. The van der Waals surface area contributed by atoms with Gasteiger partial charge in [0.1, 0.15) is 11.6 Å². The molecule has 8 heteroatoms. The molecule has 0 spiro atoms. The number of nitrogens with zero attached hydrogens (tertiary/aromatic N) is 2. The minimum Gasteiger partial charge on any atom is -0.480 e. The third-order valence-corrected chi connectivity index (χ3v) is 6.25. The summed E-state index contributed by atoms with van der Waals surface area (Å²) in [6, 6.07) is 1.81. The second-order valence-corrected chi connectivity index (χ2v) is 10.5. The Morgan fingerprint density at radius 2 is 1.84 bits per heavy atom. The molecule has 1 aliphatic heterocycles. The number of carboxylic acids is 1. The van der Waals surface area contributed by atoms with Crippen LogP contribution in [0.1, 0.15) is 77.3 Å². The fourth-order valence-corrected chi connectivity index (χ4v) is 4.59. The number of carbonyl (C=O) groups is 3. The zero-order valence-electron chi connectivity index (χ0n) is 19.1. The maximum Gasteiger partial charge on any atom is 0.411 e. The number of hydrogen-bond acceptors (Lipinski definition) is 5. The van der Waals surface area contributed by atoms with Crippen LogP contribution in [-0.2, 0) is 9.53 Å². The lowest BCUT2D eigenvalue weighted by Gasteiger charge is -2.42. The van der Waals surface area contributed by atoms with Crippen LogP contribution >= 0.6 is 0 Å². The molecule has 8 nitrogen and oxygen atoms in total. The summed E-state index contributed by atoms with van der Waals surface area (Å²) in [4.78, 5) is 41.1. The quantitative estimate of drug-likeness (QED) is 0.764. The molecule has 3 rings (SSSR count). The Balaban J connectivity index is 1.87. The van der Waals surface area contributed by atoms with Gasteiger partial charge in [-0.15, -0.1) is 0 Å². The Bertz CT molecular complexity index is 801. The Hall–Kier alpha value is -2.51. The van der Waals surface area contributed by atoms with Gasteiger partial charge in [0.25, 0.3) is 5.91 Å². The summed E-state index contributed by atoms with van der Waals surface area (Å²) in [6.07, 6.45) is 4.57. The van der Waals surface area contributed by atoms with Crippen molar-refractivity contribution in [2.75, 3.05) is 6.54 Å². The van der Waals surface area contributed by atoms with Crippen molar-refractivity contribution in [2.45, 2.75) is 90.4 Å². The van der Waals surface area contributed by atoms with Gasteiger partial charge in [0.05, 0.1) is 12.3 Å². The molecule has 0 unspecified atom stereocenters. The smallest absolute Gasteiger partial charge is 0.411 e. The molecule has 0 aromatic carbocycles. The number of ether oxygens (including phenoxy) is 1. The first-order valence-corrected chi connectivity index (χ1v) is 11.0. The van der Waals surface area contributed by atoms with Gasteiger partial charge in [0.2, 0.25) is 0 Å². The van der Waals surface area contributed by atoms with Gasteiger partial charge >= 0.3 is 12.1 Å². The van der Waals surface area contributed by atoms with Crippen molar-refractivity contribution in [3.05, 3.63) is 24.2 Å². The fraction of sp³-hybridized carbons (Fsp3) is 0.696. The van der Waals surface area contributed by atoms with Gasteiger partial charge < -0.3 is 19.2 Å². The Kier molecular flexibility index (Phi) is 6.39. The van der Waals surface area contributed by atoms with Gasteiger partial charge in [-0.05, 0) is 64.0 Å². The number of aliphatic carboxylic acids is 1. The van der Waals surface area contributed by atoms with Crippen molar-refractivity contribution in [3.63, 3.8) is 0 Å². The van der Waals surface area contributed by atoms with Crippen molar-refractivity contribution in [3.8, 4) is 0 Å². The van der Waals surface area contributed by atoms with E-state index in [4.69, 9.17) is 9.15 Å². The van der Waals surface area contributed by atoms with Gasteiger partial charge in [0.15, 0.2) is 5.76 Å². The highest BCUT2D eigenvalue weighted by Crippen LogP contribution is 2.39. The fourth-order valence-electron chi connectivity index (χ4n) is 4.59. The molecule has 0 bridgehead atoms. The number of hydrogen-bond donors (Lipinski definition) is 1. The second-order valence-electron chi connectivity index (χ2n) is 10.5. The number of rotatable bonds is 4. The van der Waals surface area contributed by atoms with E-state index in [0.29, 0.717) is 0 Å². The van der Waals surface area contributed by atoms with Crippen LogP contribution in [0, 0.1) is 5.41 Å². The first-order valence-electron chi connectivity index (χ1n) is 11.0. The molecule has 0 radical (unpaired) electrons. The highest BCUT2D eigenvalue weighted by molar-refractivity contribution is 5.92. The molecule has 2 atom stereocenters. The van der Waals surface area contributed by atoms with Gasteiger partial charge in [-0.3, -0.25) is 9.69 Å². The van der Waals surface area contributed by atoms with Crippen LogP contribution < -0.4 is 0 Å². The van der Waals surface area contributed by atoms with E-state index in [0.717, 1.165) is 25.7 Å². The predicted molar refractivity (Wildman–Crippen MR) is 114 cm³/mol. The lowest BCUT2D eigenvalue weighted by atomic mass is 9.75.